The van der Waals surface area contributed by atoms with E-state index >= 15 is 0 Å². The number of carbonyl (C=O) groups excluding carboxylic acids is 3. The van der Waals surface area contributed by atoms with Crippen molar-refractivity contribution in [1.29, 1.82) is 0 Å². The highest BCUT2D eigenvalue weighted by atomic mass is 127. The first-order chi connectivity index (χ1) is 8.09. The molecule has 0 saturated carbocycles. The molecule has 0 aromatic carbocycles. The van der Waals surface area contributed by atoms with Crippen molar-refractivity contribution < 1.29 is 19.5 Å². The topological polar surface area (TPSA) is 83.5 Å². The van der Waals surface area contributed by atoms with Crippen molar-refractivity contribution in [3.8, 4) is 0 Å². The van der Waals surface area contributed by atoms with Crippen LogP contribution >= 0.6 is 22.6 Å². The Bertz CT molecular complexity index is 391. The Balaban J connectivity index is 3.14. The maximum Gasteiger partial charge on any atom is 0.228 e. The molecule has 2 N–H and O–H groups in total. The van der Waals surface area contributed by atoms with Crippen LogP contribution in [0.25, 0.3) is 0 Å². The molecule has 18 heavy (non-hydrogen) atoms. The normalized spacial score (nSPS) is 26.9. The fraction of sp³-hybridized carbons (Fsp3) is 0.750. The molecule has 1 rings (SSSR count). The Hall–Kier alpha value is -0.500. The summed E-state index contributed by atoms with van der Waals surface area (Å²) < 4.78 is 0.352. The fourth-order valence-corrected chi connectivity index (χ4v) is 2.74. The van der Waals surface area contributed by atoms with Crippen LogP contribution < -0.4 is 5.32 Å². The van der Waals surface area contributed by atoms with Crippen LogP contribution in [0.3, 0.4) is 0 Å². The Morgan fingerprint density at radius 3 is 2.06 bits per heavy atom. The van der Waals surface area contributed by atoms with Crippen molar-refractivity contribution in [2.45, 2.75) is 39.3 Å². The maximum atomic E-state index is 11.8. The molecule has 1 fully saturated rings. The number of Topliss-reactive ketones (excluding diaryl/α,β-unsaturated/α-hetero) is 2. The molecule has 5 nitrogen and oxygen atoms in total. The fourth-order valence-electron chi connectivity index (χ4n) is 2.27. The molecule has 3 atom stereocenters. The first kappa shape index (κ1) is 15.6. The van der Waals surface area contributed by atoms with Gasteiger partial charge in [0.2, 0.25) is 5.91 Å². The number of hydrogen-bond donors (Lipinski definition) is 2. The summed E-state index contributed by atoms with van der Waals surface area (Å²) in [5.41, 5.74) is -2.49. The Morgan fingerprint density at radius 1 is 1.33 bits per heavy atom. The van der Waals surface area contributed by atoms with E-state index < -0.39 is 23.0 Å². The highest BCUT2D eigenvalue weighted by Crippen LogP contribution is 2.40. The lowest BCUT2D eigenvalue weighted by atomic mass is 9.62. The first-order valence-electron chi connectivity index (χ1n) is 5.69. The van der Waals surface area contributed by atoms with Crippen molar-refractivity contribution in [3.63, 3.8) is 0 Å². The maximum absolute atomic E-state index is 11.8. The highest BCUT2D eigenvalue weighted by molar-refractivity contribution is 14.1. The van der Waals surface area contributed by atoms with Crippen LogP contribution in [0.5, 0.6) is 0 Å². The van der Waals surface area contributed by atoms with E-state index in [1.807, 2.05) is 22.6 Å². The summed E-state index contributed by atoms with van der Waals surface area (Å²) in [5.74, 6) is -1.63. The van der Waals surface area contributed by atoms with E-state index in [1.165, 1.54) is 20.8 Å². The molecule has 1 amide bonds. The van der Waals surface area contributed by atoms with Gasteiger partial charge in [0.25, 0.3) is 0 Å². The lowest BCUT2D eigenvalue weighted by molar-refractivity contribution is -0.160. The molecule has 0 aromatic rings. The van der Waals surface area contributed by atoms with Crippen molar-refractivity contribution in [1.82, 2.24) is 5.32 Å². The summed E-state index contributed by atoms with van der Waals surface area (Å²) in [4.78, 5) is 35.1. The molecule has 0 aliphatic carbocycles. The van der Waals surface area contributed by atoms with Gasteiger partial charge in [0.1, 0.15) is 17.0 Å². The monoisotopic (exact) mass is 367 g/mol. The Kier molecular flexibility index (Phi) is 4.22. The van der Waals surface area contributed by atoms with Crippen LogP contribution in [0.15, 0.2) is 0 Å². The van der Waals surface area contributed by atoms with Gasteiger partial charge in [-0.3, -0.25) is 14.4 Å². The van der Waals surface area contributed by atoms with Crippen LogP contribution in [-0.2, 0) is 14.4 Å². The zero-order chi connectivity index (χ0) is 14.3. The molecule has 1 saturated heterocycles. The second kappa shape index (κ2) is 4.88. The molecule has 0 bridgehead atoms. The average Bonchev–Trinajstić information content (AvgIpc) is 2.23. The van der Waals surface area contributed by atoms with E-state index in [0.717, 1.165) is 0 Å². The molecule has 0 aromatic heterocycles. The molecule has 1 heterocycles. The van der Waals surface area contributed by atoms with Gasteiger partial charge in [-0.05, 0) is 27.7 Å². The van der Waals surface area contributed by atoms with Gasteiger partial charge in [0, 0.05) is 4.43 Å². The van der Waals surface area contributed by atoms with Gasteiger partial charge in [-0.15, -0.1) is 0 Å². The third-order valence-corrected chi connectivity index (χ3v) is 5.48. The summed E-state index contributed by atoms with van der Waals surface area (Å²) in [6.07, 6.45) is 0. The Labute approximate surface area is 120 Å². The number of β-lactam (4-membered cyclic amide) rings is 1. The molecule has 1 aliphatic heterocycles. The van der Waals surface area contributed by atoms with E-state index in [-0.39, 0.29) is 17.5 Å². The van der Waals surface area contributed by atoms with Gasteiger partial charge in [0.05, 0.1) is 17.6 Å². The number of amides is 1. The van der Waals surface area contributed by atoms with Crippen LogP contribution in [0.2, 0.25) is 0 Å². The molecule has 6 heteroatoms. The Morgan fingerprint density at radius 2 is 1.78 bits per heavy atom. The molecule has 3 unspecified atom stereocenters. The van der Waals surface area contributed by atoms with E-state index in [0.29, 0.717) is 4.43 Å². The van der Waals surface area contributed by atoms with Crippen LogP contribution in [-0.4, -0.2) is 38.7 Å². The van der Waals surface area contributed by atoms with Gasteiger partial charge in [-0.2, -0.15) is 0 Å². The minimum Gasteiger partial charge on any atom is -0.388 e. The zero-order valence-electron chi connectivity index (χ0n) is 10.9. The number of alkyl halides is 1. The summed E-state index contributed by atoms with van der Waals surface area (Å²) in [7, 11) is 0. The van der Waals surface area contributed by atoms with Gasteiger partial charge >= 0.3 is 0 Å². The van der Waals surface area contributed by atoms with Gasteiger partial charge < -0.3 is 10.4 Å². The number of ketones is 2. The second-order valence-corrected chi connectivity index (χ2v) is 6.03. The number of halogens is 1. The number of carbonyl (C=O) groups is 3. The highest BCUT2D eigenvalue weighted by Gasteiger charge is 2.60. The standard InChI is InChI=1S/C12H18INO4/c1-6(15)12(4,7(2)16)9-8(10(17)14-9)11(3,18)5-13/h8-9,18H,5H2,1-4H3,(H,14,17). The molecular weight excluding hydrogens is 349 g/mol. The van der Waals surface area contributed by atoms with Gasteiger partial charge in [-0.1, -0.05) is 22.6 Å². The lowest BCUT2D eigenvalue weighted by Crippen LogP contribution is -2.73. The third kappa shape index (κ3) is 2.20. The summed E-state index contributed by atoms with van der Waals surface area (Å²) in [6, 6.07) is -0.634. The molecule has 102 valence electrons. The average molecular weight is 367 g/mol. The zero-order valence-corrected chi connectivity index (χ0v) is 13.1. The first-order valence-corrected chi connectivity index (χ1v) is 7.22. The van der Waals surface area contributed by atoms with Crippen molar-refractivity contribution >= 4 is 40.1 Å². The van der Waals surface area contributed by atoms with Gasteiger partial charge in [0.15, 0.2) is 0 Å². The summed E-state index contributed by atoms with van der Waals surface area (Å²) >= 11 is 1.99. The molecule has 0 radical (unpaired) electrons. The van der Waals surface area contributed by atoms with Crippen molar-refractivity contribution in [2.75, 3.05) is 4.43 Å². The minimum atomic E-state index is -1.27. The number of rotatable bonds is 5. The van der Waals surface area contributed by atoms with Crippen LogP contribution in [0, 0.1) is 11.3 Å². The van der Waals surface area contributed by atoms with Crippen LogP contribution in [0.1, 0.15) is 27.7 Å². The second-order valence-electron chi connectivity index (χ2n) is 5.27. The van der Waals surface area contributed by atoms with Crippen LogP contribution in [0.4, 0.5) is 0 Å². The molecule has 0 spiro atoms. The van der Waals surface area contributed by atoms with Gasteiger partial charge in [-0.25, -0.2) is 0 Å². The van der Waals surface area contributed by atoms with E-state index in [4.69, 9.17) is 0 Å². The quantitative estimate of drug-likeness (QED) is 0.320. The summed E-state index contributed by atoms with van der Waals surface area (Å²) in [6.45, 7) is 5.75. The number of nitrogens with one attached hydrogen (secondary N) is 1. The van der Waals surface area contributed by atoms with Crippen molar-refractivity contribution in [2.24, 2.45) is 11.3 Å². The van der Waals surface area contributed by atoms with E-state index in [9.17, 15) is 19.5 Å². The molecular formula is C12H18INO4. The van der Waals surface area contributed by atoms with E-state index in [1.54, 1.807) is 6.92 Å². The van der Waals surface area contributed by atoms with Crippen molar-refractivity contribution in [3.05, 3.63) is 0 Å². The summed E-state index contributed by atoms with van der Waals surface area (Å²) in [5, 5.41) is 12.8. The lowest BCUT2D eigenvalue weighted by Gasteiger charge is -2.50. The predicted molar refractivity (Wildman–Crippen MR) is 74.4 cm³/mol. The minimum absolute atomic E-state index is 0.297. The van der Waals surface area contributed by atoms with E-state index in [2.05, 4.69) is 5.32 Å². The third-order valence-electron chi connectivity index (χ3n) is 3.94. The smallest absolute Gasteiger partial charge is 0.228 e. The number of hydrogen-bond acceptors (Lipinski definition) is 4. The SMILES string of the molecule is CC(=O)C(C)(C(C)=O)C1NC(=O)C1C(C)(O)CI. The molecule has 1 aliphatic rings. The largest absolute Gasteiger partial charge is 0.388 e. The predicted octanol–water partition coefficient (Wildman–Crippen LogP) is 0.471. The number of aliphatic hydroxyl groups is 1.